The zero-order valence-corrected chi connectivity index (χ0v) is 16.3. The minimum Gasteiger partial charge on any atom is -0.345 e. The summed E-state index contributed by atoms with van der Waals surface area (Å²) in [5.74, 6) is 0.0577. The van der Waals surface area contributed by atoms with Crippen molar-refractivity contribution in [2.45, 2.75) is 11.3 Å². The van der Waals surface area contributed by atoms with Gasteiger partial charge in [-0.1, -0.05) is 15.9 Å². The standard InChI is InChI=1S/C15H15Br2N3O2S/c1-20-9-11(17)8-13(20)15(22)19-18-14(21)6-7-23-12-4-2-10(16)3-5-12/h2-5,8-9H,6-7H2,1H3,(H,18,21)(H,19,22). The van der Waals surface area contributed by atoms with Crippen molar-refractivity contribution < 1.29 is 9.59 Å². The topological polar surface area (TPSA) is 63.1 Å². The molecule has 2 rings (SSSR count). The van der Waals surface area contributed by atoms with Crippen LogP contribution >= 0.6 is 43.6 Å². The number of aromatic nitrogens is 1. The molecule has 23 heavy (non-hydrogen) atoms. The Hall–Kier alpha value is -1.25. The van der Waals surface area contributed by atoms with Crippen molar-refractivity contribution in [1.82, 2.24) is 15.4 Å². The molecule has 122 valence electrons. The highest BCUT2D eigenvalue weighted by Crippen LogP contribution is 2.21. The van der Waals surface area contributed by atoms with E-state index in [4.69, 9.17) is 0 Å². The Balaban J connectivity index is 1.71. The van der Waals surface area contributed by atoms with Crippen molar-refractivity contribution in [2.24, 2.45) is 7.05 Å². The molecule has 5 nitrogen and oxygen atoms in total. The van der Waals surface area contributed by atoms with Crippen LogP contribution in [0, 0.1) is 0 Å². The first-order valence-electron chi connectivity index (χ1n) is 6.75. The van der Waals surface area contributed by atoms with Crippen LogP contribution < -0.4 is 10.9 Å². The summed E-state index contributed by atoms with van der Waals surface area (Å²) in [5, 5.41) is 0. The van der Waals surface area contributed by atoms with E-state index in [1.165, 1.54) is 0 Å². The summed E-state index contributed by atoms with van der Waals surface area (Å²) in [4.78, 5) is 24.8. The molecule has 0 bridgehead atoms. The van der Waals surface area contributed by atoms with Crippen LogP contribution in [0.5, 0.6) is 0 Å². The molecule has 0 radical (unpaired) electrons. The minimum absolute atomic E-state index is 0.226. The molecule has 2 N–H and O–H groups in total. The SMILES string of the molecule is Cn1cc(Br)cc1C(=O)NNC(=O)CCSc1ccc(Br)cc1. The maximum Gasteiger partial charge on any atom is 0.286 e. The molecule has 1 aromatic carbocycles. The van der Waals surface area contributed by atoms with Gasteiger partial charge < -0.3 is 4.57 Å². The second-order valence-corrected chi connectivity index (χ2v) is 7.71. The second kappa shape index (κ2) is 8.56. The Morgan fingerprint density at radius 2 is 1.83 bits per heavy atom. The summed E-state index contributed by atoms with van der Waals surface area (Å²) in [6, 6.07) is 9.58. The first kappa shape index (κ1) is 18.1. The number of hydrazine groups is 1. The van der Waals surface area contributed by atoms with Gasteiger partial charge in [-0.15, -0.1) is 11.8 Å². The van der Waals surface area contributed by atoms with E-state index < -0.39 is 0 Å². The molecule has 0 aliphatic carbocycles. The Kier molecular flexibility index (Phi) is 6.73. The van der Waals surface area contributed by atoms with Gasteiger partial charge in [0.2, 0.25) is 5.91 Å². The quantitative estimate of drug-likeness (QED) is 0.530. The number of halogens is 2. The van der Waals surface area contributed by atoms with Gasteiger partial charge in [-0.2, -0.15) is 0 Å². The Labute approximate surface area is 155 Å². The average Bonchev–Trinajstić information content (AvgIpc) is 2.85. The zero-order valence-electron chi connectivity index (χ0n) is 12.3. The van der Waals surface area contributed by atoms with Crippen LogP contribution in [0.3, 0.4) is 0 Å². The predicted molar refractivity (Wildman–Crippen MR) is 98.2 cm³/mol. The van der Waals surface area contributed by atoms with Gasteiger partial charge in [0.15, 0.2) is 0 Å². The molecule has 2 aromatic rings. The summed E-state index contributed by atoms with van der Waals surface area (Å²) < 4.78 is 3.51. The molecular formula is C15H15Br2N3O2S. The Bertz CT molecular complexity index is 701. The highest BCUT2D eigenvalue weighted by molar-refractivity contribution is 9.10. The molecule has 0 unspecified atom stereocenters. The van der Waals surface area contributed by atoms with Crippen LogP contribution in [0.2, 0.25) is 0 Å². The second-order valence-electron chi connectivity index (χ2n) is 4.71. The zero-order chi connectivity index (χ0) is 16.8. The van der Waals surface area contributed by atoms with Crippen molar-refractivity contribution in [3.63, 3.8) is 0 Å². The van der Waals surface area contributed by atoms with Crippen molar-refractivity contribution in [2.75, 3.05) is 5.75 Å². The highest BCUT2D eigenvalue weighted by atomic mass is 79.9. The lowest BCUT2D eigenvalue weighted by atomic mass is 10.4. The molecule has 0 aliphatic rings. The third-order valence-electron chi connectivity index (χ3n) is 2.93. The molecule has 0 fully saturated rings. The van der Waals surface area contributed by atoms with Gasteiger partial charge >= 0.3 is 0 Å². The van der Waals surface area contributed by atoms with Crippen LogP contribution in [-0.2, 0) is 11.8 Å². The fourth-order valence-electron chi connectivity index (χ4n) is 1.80. The van der Waals surface area contributed by atoms with E-state index in [1.54, 1.807) is 35.6 Å². The molecule has 2 amide bonds. The van der Waals surface area contributed by atoms with Crippen molar-refractivity contribution in [3.8, 4) is 0 Å². The fourth-order valence-corrected chi connectivity index (χ4v) is 3.44. The molecule has 8 heteroatoms. The van der Waals surface area contributed by atoms with Gasteiger partial charge in [0.1, 0.15) is 5.69 Å². The lowest BCUT2D eigenvalue weighted by Gasteiger charge is -2.08. The number of rotatable bonds is 5. The van der Waals surface area contributed by atoms with Gasteiger partial charge in [-0.3, -0.25) is 20.4 Å². The largest absolute Gasteiger partial charge is 0.345 e. The number of nitrogens with one attached hydrogen (secondary N) is 2. The first-order chi connectivity index (χ1) is 11.0. The van der Waals surface area contributed by atoms with Gasteiger partial charge in [-0.25, -0.2) is 0 Å². The molecule has 0 spiro atoms. The van der Waals surface area contributed by atoms with Gasteiger partial charge in [-0.05, 0) is 46.3 Å². The smallest absolute Gasteiger partial charge is 0.286 e. The van der Waals surface area contributed by atoms with Crippen molar-refractivity contribution in [1.29, 1.82) is 0 Å². The molecular weight excluding hydrogens is 446 g/mol. The molecule has 0 atom stereocenters. The molecule has 1 heterocycles. The number of hydrogen-bond donors (Lipinski definition) is 2. The van der Waals surface area contributed by atoms with E-state index in [-0.39, 0.29) is 11.8 Å². The van der Waals surface area contributed by atoms with Crippen LogP contribution in [0.15, 0.2) is 50.4 Å². The third kappa shape index (κ3) is 5.71. The molecule has 0 aliphatic heterocycles. The van der Waals surface area contributed by atoms with E-state index in [9.17, 15) is 9.59 Å². The number of nitrogens with zero attached hydrogens (tertiary/aromatic N) is 1. The van der Waals surface area contributed by atoms with E-state index in [0.717, 1.165) is 13.8 Å². The Morgan fingerprint density at radius 3 is 2.43 bits per heavy atom. The summed E-state index contributed by atoms with van der Waals surface area (Å²) in [6.45, 7) is 0. The minimum atomic E-state index is -0.355. The molecule has 1 aromatic heterocycles. The van der Waals surface area contributed by atoms with Gasteiger partial charge in [0.05, 0.1) is 0 Å². The monoisotopic (exact) mass is 459 g/mol. The number of amides is 2. The summed E-state index contributed by atoms with van der Waals surface area (Å²) in [5.41, 5.74) is 5.30. The van der Waals surface area contributed by atoms with Gasteiger partial charge in [0.25, 0.3) is 5.91 Å². The predicted octanol–water partition coefficient (Wildman–Crippen LogP) is 3.49. The van der Waals surface area contributed by atoms with E-state index in [2.05, 4.69) is 42.7 Å². The molecule has 0 saturated heterocycles. The van der Waals surface area contributed by atoms with Crippen LogP contribution in [0.25, 0.3) is 0 Å². The van der Waals surface area contributed by atoms with Crippen LogP contribution in [-0.4, -0.2) is 22.1 Å². The summed E-state index contributed by atoms with van der Waals surface area (Å²) in [6.07, 6.45) is 2.09. The van der Waals surface area contributed by atoms with Crippen molar-refractivity contribution in [3.05, 3.63) is 51.2 Å². The third-order valence-corrected chi connectivity index (χ3v) is 4.91. The number of hydrogen-bond acceptors (Lipinski definition) is 3. The van der Waals surface area contributed by atoms with Crippen molar-refractivity contribution >= 4 is 55.4 Å². The highest BCUT2D eigenvalue weighted by Gasteiger charge is 2.11. The maximum atomic E-state index is 11.9. The maximum absolute atomic E-state index is 11.9. The first-order valence-corrected chi connectivity index (χ1v) is 9.32. The lowest BCUT2D eigenvalue weighted by molar-refractivity contribution is -0.121. The summed E-state index contributed by atoms with van der Waals surface area (Å²) in [7, 11) is 1.76. The average molecular weight is 461 g/mol. The number of benzene rings is 1. The van der Waals surface area contributed by atoms with E-state index in [0.29, 0.717) is 17.9 Å². The normalized spacial score (nSPS) is 10.4. The number of aryl methyl sites for hydroxylation is 1. The fraction of sp³-hybridized carbons (Fsp3) is 0.200. The van der Waals surface area contributed by atoms with E-state index in [1.807, 2.05) is 24.3 Å². The lowest BCUT2D eigenvalue weighted by Crippen LogP contribution is -2.42. The number of thioether (sulfide) groups is 1. The number of carbonyl (C=O) groups excluding carboxylic acids is 2. The molecule has 0 saturated carbocycles. The van der Waals surface area contributed by atoms with Crippen LogP contribution in [0.1, 0.15) is 16.9 Å². The Morgan fingerprint density at radius 1 is 1.13 bits per heavy atom. The summed E-state index contributed by atoms with van der Waals surface area (Å²) >= 11 is 8.27. The van der Waals surface area contributed by atoms with Crippen LogP contribution in [0.4, 0.5) is 0 Å². The van der Waals surface area contributed by atoms with E-state index >= 15 is 0 Å². The van der Waals surface area contributed by atoms with Gasteiger partial charge in [0, 0.05) is 39.3 Å². The number of carbonyl (C=O) groups is 2.